The van der Waals surface area contributed by atoms with Crippen LogP contribution in [0.4, 0.5) is 5.82 Å². The molecule has 1 N–H and O–H groups in total. The van der Waals surface area contributed by atoms with Crippen molar-refractivity contribution < 1.29 is 9.32 Å². The summed E-state index contributed by atoms with van der Waals surface area (Å²) in [5.41, 5.74) is 3.55. The number of nitrogens with zero attached hydrogens (tertiary/aromatic N) is 4. The topological polar surface area (TPSA) is 85.8 Å². The van der Waals surface area contributed by atoms with Crippen molar-refractivity contribution in [1.82, 2.24) is 19.9 Å². The summed E-state index contributed by atoms with van der Waals surface area (Å²) < 4.78 is 7.35. The molecule has 140 valence electrons. The first-order valence-electron chi connectivity index (χ1n) is 9.74. The highest BCUT2D eigenvalue weighted by atomic mass is 16.5. The molecular weight excluding hydrogens is 342 g/mol. The average Bonchev–Trinajstić information content (AvgIpc) is 3.05. The molecule has 2 aliphatic rings. The lowest BCUT2D eigenvalue weighted by Gasteiger charge is -2.15. The van der Waals surface area contributed by atoms with Gasteiger partial charge in [0.15, 0.2) is 0 Å². The highest BCUT2D eigenvalue weighted by molar-refractivity contribution is 6.12. The fraction of sp³-hybridized carbons (Fsp3) is 0.500. The first-order valence-corrected chi connectivity index (χ1v) is 9.74. The molecule has 0 radical (unpaired) electrons. The van der Waals surface area contributed by atoms with Gasteiger partial charge >= 0.3 is 0 Å². The molecule has 0 unspecified atom stereocenters. The zero-order valence-electron chi connectivity index (χ0n) is 15.7. The number of hydrogen-bond acceptors (Lipinski definition) is 5. The Kier molecular flexibility index (Phi) is 3.77. The van der Waals surface area contributed by atoms with Gasteiger partial charge in [-0.25, -0.2) is 9.67 Å². The van der Waals surface area contributed by atoms with Crippen LogP contribution in [0.1, 0.15) is 77.9 Å². The van der Waals surface area contributed by atoms with Gasteiger partial charge in [0, 0.05) is 17.7 Å². The van der Waals surface area contributed by atoms with Crippen LogP contribution in [0, 0.1) is 13.8 Å². The third-order valence-electron chi connectivity index (χ3n) is 5.65. The molecule has 0 aromatic carbocycles. The smallest absolute Gasteiger partial charge is 0.259 e. The molecule has 3 aromatic rings. The number of pyridine rings is 1. The zero-order chi connectivity index (χ0) is 18.5. The molecule has 7 nitrogen and oxygen atoms in total. The summed E-state index contributed by atoms with van der Waals surface area (Å²) in [6, 6.07) is 4.21. The highest BCUT2D eigenvalue weighted by Crippen LogP contribution is 2.40. The van der Waals surface area contributed by atoms with Crippen LogP contribution >= 0.6 is 0 Å². The van der Waals surface area contributed by atoms with Crippen molar-refractivity contribution in [3.8, 4) is 0 Å². The molecule has 2 fully saturated rings. The number of aryl methyl sites for hydroxylation is 2. The summed E-state index contributed by atoms with van der Waals surface area (Å²) in [4.78, 5) is 17.8. The minimum absolute atomic E-state index is 0.158. The SMILES string of the molecule is Cc1cc(NC(=O)c2cc(C3CC3)nc3onc(C)c23)n(C2CCCC2)n1. The van der Waals surface area contributed by atoms with Crippen LogP contribution < -0.4 is 5.32 Å². The van der Waals surface area contributed by atoms with Crippen molar-refractivity contribution in [2.75, 3.05) is 5.32 Å². The molecule has 3 aromatic heterocycles. The second-order valence-electron chi connectivity index (χ2n) is 7.83. The van der Waals surface area contributed by atoms with E-state index in [1.165, 1.54) is 12.8 Å². The van der Waals surface area contributed by atoms with E-state index in [9.17, 15) is 4.79 Å². The van der Waals surface area contributed by atoms with Crippen molar-refractivity contribution >= 4 is 22.8 Å². The number of amides is 1. The number of aromatic nitrogens is 4. The Morgan fingerprint density at radius 2 is 1.96 bits per heavy atom. The Morgan fingerprint density at radius 3 is 2.70 bits per heavy atom. The maximum Gasteiger partial charge on any atom is 0.259 e. The second kappa shape index (κ2) is 6.18. The lowest BCUT2D eigenvalue weighted by atomic mass is 10.1. The predicted octanol–water partition coefficient (Wildman–Crippen LogP) is 4.28. The predicted molar refractivity (Wildman–Crippen MR) is 101 cm³/mol. The van der Waals surface area contributed by atoms with E-state index in [0.717, 1.165) is 42.9 Å². The van der Waals surface area contributed by atoms with E-state index < -0.39 is 0 Å². The van der Waals surface area contributed by atoms with Crippen molar-refractivity contribution in [2.45, 2.75) is 64.3 Å². The van der Waals surface area contributed by atoms with Crippen LogP contribution in [0.5, 0.6) is 0 Å². The number of carbonyl (C=O) groups excluding carboxylic acids is 1. The van der Waals surface area contributed by atoms with Gasteiger partial charge in [-0.15, -0.1) is 0 Å². The van der Waals surface area contributed by atoms with Crippen molar-refractivity contribution in [3.05, 3.63) is 34.8 Å². The van der Waals surface area contributed by atoms with Gasteiger partial charge in [0.2, 0.25) is 0 Å². The van der Waals surface area contributed by atoms with E-state index in [-0.39, 0.29) is 5.91 Å². The summed E-state index contributed by atoms with van der Waals surface area (Å²) >= 11 is 0. The number of anilines is 1. The number of rotatable bonds is 4. The van der Waals surface area contributed by atoms with Gasteiger partial charge in [-0.2, -0.15) is 5.10 Å². The van der Waals surface area contributed by atoms with Gasteiger partial charge in [0.1, 0.15) is 5.82 Å². The van der Waals surface area contributed by atoms with E-state index in [0.29, 0.717) is 34.3 Å². The van der Waals surface area contributed by atoms with Gasteiger partial charge in [0.25, 0.3) is 11.6 Å². The first-order chi connectivity index (χ1) is 13.1. The Hall–Kier alpha value is -2.70. The molecule has 2 saturated carbocycles. The van der Waals surface area contributed by atoms with Crippen LogP contribution in [0.2, 0.25) is 0 Å². The van der Waals surface area contributed by atoms with Gasteiger partial charge in [0.05, 0.1) is 28.4 Å². The van der Waals surface area contributed by atoms with Gasteiger partial charge in [-0.05, 0) is 45.6 Å². The zero-order valence-corrected chi connectivity index (χ0v) is 15.7. The normalized spacial score (nSPS) is 17.7. The summed E-state index contributed by atoms with van der Waals surface area (Å²) in [5.74, 6) is 1.03. The Bertz CT molecular complexity index is 1020. The molecule has 0 atom stereocenters. The van der Waals surface area contributed by atoms with Gasteiger partial charge < -0.3 is 9.84 Å². The van der Waals surface area contributed by atoms with E-state index >= 15 is 0 Å². The third kappa shape index (κ3) is 2.91. The lowest BCUT2D eigenvalue weighted by molar-refractivity contribution is 0.102. The van der Waals surface area contributed by atoms with Gasteiger partial charge in [-0.3, -0.25) is 4.79 Å². The average molecular weight is 365 g/mol. The lowest BCUT2D eigenvalue weighted by Crippen LogP contribution is -2.18. The molecule has 1 amide bonds. The molecule has 5 rings (SSSR count). The number of carbonyl (C=O) groups is 1. The number of hydrogen-bond donors (Lipinski definition) is 1. The van der Waals surface area contributed by atoms with Crippen molar-refractivity contribution in [3.63, 3.8) is 0 Å². The van der Waals surface area contributed by atoms with Crippen LogP contribution in [0.25, 0.3) is 11.1 Å². The van der Waals surface area contributed by atoms with Gasteiger partial charge in [-0.1, -0.05) is 18.0 Å². The summed E-state index contributed by atoms with van der Waals surface area (Å²) in [5, 5.41) is 12.4. The van der Waals surface area contributed by atoms with Crippen LogP contribution in [-0.4, -0.2) is 25.8 Å². The van der Waals surface area contributed by atoms with Crippen molar-refractivity contribution in [2.24, 2.45) is 0 Å². The second-order valence-corrected chi connectivity index (χ2v) is 7.83. The molecule has 0 spiro atoms. The molecule has 0 saturated heterocycles. The minimum atomic E-state index is -0.158. The minimum Gasteiger partial charge on any atom is -0.336 e. The van der Waals surface area contributed by atoms with Crippen LogP contribution in [0.15, 0.2) is 16.7 Å². The Labute approximate surface area is 157 Å². The molecule has 7 heteroatoms. The molecule has 0 bridgehead atoms. The molecule has 2 aliphatic carbocycles. The standard InChI is InChI=1S/C20H23N5O2/c1-11-9-17(25(23-11)14-5-3-4-6-14)22-19(26)15-10-16(13-7-8-13)21-20-18(15)12(2)24-27-20/h9-10,13-14H,3-8H2,1-2H3,(H,22,26). The molecule has 3 heterocycles. The van der Waals surface area contributed by atoms with Crippen LogP contribution in [-0.2, 0) is 0 Å². The Balaban J connectivity index is 1.52. The van der Waals surface area contributed by atoms with E-state index in [4.69, 9.17) is 4.52 Å². The third-order valence-corrected chi connectivity index (χ3v) is 5.65. The maximum atomic E-state index is 13.2. The monoisotopic (exact) mass is 365 g/mol. The summed E-state index contributed by atoms with van der Waals surface area (Å²) in [6.45, 7) is 3.80. The van der Waals surface area contributed by atoms with E-state index in [2.05, 4.69) is 20.6 Å². The first kappa shape index (κ1) is 16.5. The Morgan fingerprint density at radius 1 is 1.19 bits per heavy atom. The summed E-state index contributed by atoms with van der Waals surface area (Å²) in [7, 11) is 0. The molecular formula is C20H23N5O2. The van der Waals surface area contributed by atoms with E-state index in [1.54, 1.807) is 0 Å². The highest BCUT2D eigenvalue weighted by Gasteiger charge is 2.29. The fourth-order valence-corrected chi connectivity index (χ4v) is 4.10. The summed E-state index contributed by atoms with van der Waals surface area (Å²) in [6.07, 6.45) is 6.87. The largest absolute Gasteiger partial charge is 0.336 e. The fourth-order valence-electron chi connectivity index (χ4n) is 4.10. The quantitative estimate of drug-likeness (QED) is 0.746. The van der Waals surface area contributed by atoms with E-state index in [1.807, 2.05) is 30.7 Å². The number of fused-ring (bicyclic) bond motifs is 1. The van der Waals surface area contributed by atoms with Crippen LogP contribution in [0.3, 0.4) is 0 Å². The number of nitrogens with one attached hydrogen (secondary N) is 1. The molecule has 0 aliphatic heterocycles. The van der Waals surface area contributed by atoms with Crippen molar-refractivity contribution in [1.29, 1.82) is 0 Å². The molecule has 27 heavy (non-hydrogen) atoms. The maximum absolute atomic E-state index is 13.2.